The highest BCUT2D eigenvalue weighted by Gasteiger charge is 2.00. The van der Waals surface area contributed by atoms with Gasteiger partial charge in [-0.05, 0) is 5.39 Å². The fourth-order valence-electron chi connectivity index (χ4n) is 2.32. The second-order valence-corrected chi connectivity index (χ2v) is 4.59. The third-order valence-corrected chi connectivity index (χ3v) is 3.34. The lowest BCUT2D eigenvalue weighted by Crippen LogP contribution is -2.52. The predicted molar refractivity (Wildman–Crippen MR) is 75.6 cm³/mol. The topological polar surface area (TPSA) is 8.81 Å². The average molecular weight is 234 g/mol. The van der Waals surface area contributed by atoms with E-state index in [1.807, 2.05) is 0 Å². The maximum atomic E-state index is 2.22. The van der Waals surface area contributed by atoms with Crippen molar-refractivity contribution in [3.63, 3.8) is 0 Å². The molecule has 0 fully saturated rings. The number of nitrogens with zero attached hydrogens (tertiary/aromatic N) is 2. The monoisotopic (exact) mass is 234 g/mol. The molecule has 18 heavy (non-hydrogen) atoms. The van der Waals surface area contributed by atoms with Gasteiger partial charge < -0.3 is 0 Å². The van der Waals surface area contributed by atoms with Crippen molar-refractivity contribution in [3.8, 4) is 0 Å². The van der Waals surface area contributed by atoms with E-state index < -0.39 is 0 Å². The number of imidazole rings is 1. The van der Waals surface area contributed by atoms with Gasteiger partial charge in [-0.3, -0.25) is 14.6 Å². The zero-order valence-corrected chi connectivity index (χ0v) is 10.7. The molecule has 1 heterocycles. The summed E-state index contributed by atoms with van der Waals surface area (Å²) in [6.45, 7) is 0. The largest absolute Gasteiger partial charge is 0.280 e. The maximum Gasteiger partial charge on any atom is 0.125 e. The molecule has 0 aliphatic rings. The van der Waals surface area contributed by atoms with Crippen LogP contribution in [0.3, 0.4) is 0 Å². The Bertz CT molecular complexity index is 676. The van der Waals surface area contributed by atoms with Crippen LogP contribution in [0.2, 0.25) is 0 Å². The van der Waals surface area contributed by atoms with Gasteiger partial charge >= 0.3 is 0 Å². The van der Waals surface area contributed by atoms with E-state index in [1.165, 1.54) is 22.0 Å². The molecule has 2 nitrogen and oxygen atoms in total. The lowest BCUT2D eigenvalue weighted by molar-refractivity contribution is -0.652. The van der Waals surface area contributed by atoms with Gasteiger partial charge in [0.15, 0.2) is 0 Å². The van der Waals surface area contributed by atoms with Crippen LogP contribution in [0.1, 0.15) is 0 Å². The molecule has 88 valence electrons. The number of rotatable bonds is 2. The molecule has 3 aromatic rings. The van der Waals surface area contributed by atoms with Crippen molar-refractivity contribution in [2.75, 3.05) is 0 Å². The molecule has 1 aromatic heterocycles. The van der Waals surface area contributed by atoms with Gasteiger partial charge in [0.05, 0.1) is 14.1 Å². The van der Waals surface area contributed by atoms with Crippen molar-refractivity contribution in [1.29, 1.82) is 0 Å². The van der Waals surface area contributed by atoms with Crippen LogP contribution in [0, 0.1) is 0 Å². The van der Waals surface area contributed by atoms with E-state index in [2.05, 4.69) is 85.4 Å². The number of hydrogen-bond donors (Lipinski definition) is 0. The smallest absolute Gasteiger partial charge is 0.125 e. The fourth-order valence-corrected chi connectivity index (χ4v) is 2.32. The number of hydrogen-bond acceptors (Lipinski definition) is 0. The van der Waals surface area contributed by atoms with Gasteiger partial charge in [0.1, 0.15) is 12.4 Å². The van der Waals surface area contributed by atoms with E-state index in [0.29, 0.717) is 0 Å². The van der Waals surface area contributed by atoms with Crippen molar-refractivity contribution in [1.82, 2.24) is 4.57 Å². The van der Waals surface area contributed by atoms with Crippen molar-refractivity contribution in [2.45, 2.75) is 0 Å². The highest BCUT2D eigenvalue weighted by atomic mass is 15.1. The van der Waals surface area contributed by atoms with Gasteiger partial charge in [-0.1, -0.05) is 41.8 Å². The molecule has 0 aliphatic heterocycles. The lowest BCUT2D eigenvalue weighted by atomic mass is 9.67. The summed E-state index contributed by atoms with van der Waals surface area (Å²) >= 11 is 0. The van der Waals surface area contributed by atoms with Gasteiger partial charge in [-0.2, -0.15) is 0 Å². The molecular weight excluding hydrogens is 219 g/mol. The van der Waals surface area contributed by atoms with Gasteiger partial charge in [0.25, 0.3) is 0 Å². The number of aryl methyl sites for hydroxylation is 2. The van der Waals surface area contributed by atoms with Crippen LogP contribution in [0.15, 0.2) is 54.9 Å². The number of benzene rings is 2. The molecule has 0 saturated carbocycles. The molecule has 3 heteroatoms. The van der Waals surface area contributed by atoms with Crippen LogP contribution in [0.4, 0.5) is 0 Å². The summed E-state index contributed by atoms with van der Waals surface area (Å²) < 4.78 is 4.25. The lowest BCUT2D eigenvalue weighted by Gasteiger charge is -2.17. The van der Waals surface area contributed by atoms with Crippen LogP contribution in [0.25, 0.3) is 10.8 Å². The normalized spacial score (nSPS) is 11.0. The second kappa shape index (κ2) is 4.33. The first-order valence-electron chi connectivity index (χ1n) is 6.09. The molecule has 0 spiro atoms. The Morgan fingerprint density at radius 3 is 2.61 bits per heavy atom. The van der Waals surface area contributed by atoms with Crippen molar-refractivity contribution >= 4 is 29.2 Å². The van der Waals surface area contributed by atoms with E-state index in [1.54, 1.807) is 0 Å². The summed E-state index contributed by atoms with van der Waals surface area (Å²) in [5.74, 6) is 0. The first kappa shape index (κ1) is 11.1. The van der Waals surface area contributed by atoms with E-state index in [0.717, 1.165) is 0 Å². The van der Waals surface area contributed by atoms with Crippen LogP contribution in [-0.2, 0) is 14.1 Å². The van der Waals surface area contributed by atoms with Crippen LogP contribution in [-0.4, -0.2) is 11.8 Å². The van der Waals surface area contributed by atoms with Gasteiger partial charge in [-0.15, -0.1) is 13.3 Å². The Balaban J connectivity index is 2.11. The predicted octanol–water partition coefficient (Wildman–Crippen LogP) is 0.658. The van der Waals surface area contributed by atoms with Crippen molar-refractivity contribution in [3.05, 3.63) is 54.9 Å². The third-order valence-electron chi connectivity index (χ3n) is 3.34. The summed E-state index contributed by atoms with van der Waals surface area (Å²) in [4.78, 5) is 0. The summed E-state index contributed by atoms with van der Waals surface area (Å²) in [7, 11) is 6.36. The quantitative estimate of drug-likeness (QED) is 0.455. The highest BCUT2D eigenvalue weighted by Crippen LogP contribution is 2.09. The molecular formula is C15H15BN2. The summed E-state index contributed by atoms with van der Waals surface area (Å²) in [5, 5.41) is 2.57. The van der Waals surface area contributed by atoms with E-state index in [-0.39, 0.29) is 0 Å². The molecule has 0 saturated heterocycles. The highest BCUT2D eigenvalue weighted by molar-refractivity contribution is 6.67. The molecule has 2 radical (unpaired) electrons. The number of aromatic nitrogens is 2. The Hall–Kier alpha value is -2.03. The first-order valence-corrected chi connectivity index (χ1v) is 6.09. The van der Waals surface area contributed by atoms with Gasteiger partial charge in [-0.25, -0.2) is 0 Å². The second-order valence-electron chi connectivity index (χ2n) is 4.59. The zero-order chi connectivity index (χ0) is 12.5. The van der Waals surface area contributed by atoms with Crippen molar-refractivity contribution in [2.24, 2.45) is 14.1 Å². The summed E-state index contributed by atoms with van der Waals surface area (Å²) in [6.07, 6.45) is 4.13. The fraction of sp³-hybridized carbons (Fsp3) is 0.133. The minimum Gasteiger partial charge on any atom is -0.280 e. The Kier molecular flexibility index (Phi) is 2.67. The third kappa shape index (κ3) is 1.82. The van der Waals surface area contributed by atoms with E-state index in [4.69, 9.17) is 0 Å². The molecule has 3 rings (SSSR count). The SMILES string of the molecule is Cn1cc[n+](C)c1[B-]c1cccc2ccccc12. The van der Waals surface area contributed by atoms with Crippen molar-refractivity contribution < 1.29 is 4.57 Å². The van der Waals surface area contributed by atoms with E-state index in [9.17, 15) is 0 Å². The Morgan fingerprint density at radius 1 is 1.06 bits per heavy atom. The first-order chi connectivity index (χ1) is 8.75. The van der Waals surface area contributed by atoms with E-state index >= 15 is 0 Å². The molecule has 0 amide bonds. The minimum absolute atomic E-state index is 1.19. The average Bonchev–Trinajstić information content (AvgIpc) is 2.71. The molecule has 0 unspecified atom stereocenters. The molecule has 0 N–H and O–H groups in total. The molecule has 0 aliphatic carbocycles. The number of fused-ring (bicyclic) bond motifs is 1. The minimum atomic E-state index is 1.19. The van der Waals surface area contributed by atoms with Gasteiger partial charge in [0, 0.05) is 5.72 Å². The van der Waals surface area contributed by atoms with Crippen LogP contribution >= 0.6 is 0 Å². The zero-order valence-electron chi connectivity index (χ0n) is 10.7. The molecule has 2 aromatic carbocycles. The van der Waals surface area contributed by atoms with Crippen LogP contribution < -0.4 is 15.8 Å². The van der Waals surface area contributed by atoms with Crippen LogP contribution in [0.5, 0.6) is 0 Å². The standard InChI is InChI=1S/C15H15BN2/c1-17-10-11-18(2)15(17)16-14-9-5-7-12-6-3-4-8-13(12)14/h3-11H,1-2H3. The van der Waals surface area contributed by atoms with Gasteiger partial charge in [0.2, 0.25) is 0 Å². The summed E-state index contributed by atoms with van der Waals surface area (Å²) in [6, 6.07) is 14.9. The molecule has 0 bridgehead atoms. The Morgan fingerprint density at radius 2 is 1.83 bits per heavy atom. The molecule has 0 atom stereocenters. The summed E-state index contributed by atoms with van der Waals surface area (Å²) in [5.41, 5.74) is 2.44. The maximum absolute atomic E-state index is 2.22. The Labute approximate surface area is 108 Å².